The summed E-state index contributed by atoms with van der Waals surface area (Å²) in [6, 6.07) is -1.58. The number of methoxy groups -OCH3 is 2. The van der Waals surface area contributed by atoms with Gasteiger partial charge in [0.15, 0.2) is 25.1 Å². The maximum atomic E-state index is 12.4. The summed E-state index contributed by atoms with van der Waals surface area (Å²) in [5.41, 5.74) is 0. The van der Waals surface area contributed by atoms with Crippen molar-refractivity contribution >= 4 is 24.4 Å². The molecule has 11 unspecified atom stereocenters. The van der Waals surface area contributed by atoms with Crippen molar-refractivity contribution in [2.75, 3.05) is 66.6 Å². The Hall–Kier alpha value is -1.55. The maximum absolute atomic E-state index is 12.4. The number of hydroxylamine groups is 2. The lowest BCUT2D eigenvalue weighted by Gasteiger charge is -2.48. The summed E-state index contributed by atoms with van der Waals surface area (Å²) < 4.78 is 39.2. The molecular formula is C35H67N3O22S. The number of rotatable bonds is 29. The van der Waals surface area contributed by atoms with Crippen LogP contribution in [-0.4, -0.2) is 255 Å². The Morgan fingerprint density at radius 2 is 1.38 bits per heavy atom. The molecule has 0 saturated carbocycles. The van der Waals surface area contributed by atoms with Crippen LogP contribution in [0.2, 0.25) is 0 Å². The lowest BCUT2D eigenvalue weighted by Crippen LogP contribution is -2.68. The van der Waals surface area contributed by atoms with Crippen molar-refractivity contribution in [3.05, 3.63) is 0 Å². The molecule has 0 aromatic rings. The van der Waals surface area contributed by atoms with Crippen LogP contribution in [0.15, 0.2) is 0 Å². The van der Waals surface area contributed by atoms with Crippen molar-refractivity contribution in [2.45, 2.75) is 143 Å². The second kappa shape index (κ2) is 28.4. The number of aliphatic hydroxyl groups excluding tert-OH is 12. The average molecular weight is 914 g/mol. The zero-order valence-electron chi connectivity index (χ0n) is 34.5. The minimum absolute atomic E-state index is 0.0418. The molecule has 0 radical (unpaired) electrons. The van der Waals surface area contributed by atoms with Gasteiger partial charge in [-0.1, -0.05) is 0 Å². The standard InChI is InChI=1S/C35H67N3O22S/c1-16(43)37-22-31(60-35-30(52)27(49)25(47)19(14-41)59-35)26(48)20(15-42)58-33(22)56-18(8-11-40)24(46)29(51)34(54-4)57-17(7-10-39)23(45)28(50)32(53-3)38(2)55-12-9-36-21(44)6-5-13-61/h17-20,22-35,39-42,45-52,61H,5-15H2,1-4H3,(H,36,44)(H,37,43)/t17-,18+,19?,20?,22?,23?,24?,25+,26+,27?,28?,29?,30?,31?,32-,33-,34+,35?/m1/s1. The number of carbonyl (C=O) groups excluding carboxylic acids is 2. The Morgan fingerprint density at radius 3 is 1.93 bits per heavy atom. The molecule has 2 rings (SSSR count). The zero-order valence-corrected chi connectivity index (χ0v) is 35.4. The summed E-state index contributed by atoms with van der Waals surface area (Å²) in [6.45, 7) is -1.87. The van der Waals surface area contributed by atoms with Gasteiger partial charge in [-0.3, -0.25) is 14.4 Å². The Bertz CT molecular complexity index is 1240. The number of hydrogen-bond donors (Lipinski definition) is 15. The highest BCUT2D eigenvalue weighted by Crippen LogP contribution is 2.31. The lowest BCUT2D eigenvalue weighted by atomic mass is 9.95. The van der Waals surface area contributed by atoms with Gasteiger partial charge in [-0.25, -0.2) is 0 Å². The van der Waals surface area contributed by atoms with Crippen molar-refractivity contribution in [1.82, 2.24) is 15.7 Å². The van der Waals surface area contributed by atoms with Gasteiger partial charge in [-0.15, -0.1) is 0 Å². The van der Waals surface area contributed by atoms with Crippen molar-refractivity contribution in [2.24, 2.45) is 0 Å². The smallest absolute Gasteiger partial charge is 0.220 e. The maximum Gasteiger partial charge on any atom is 0.220 e. The molecule has 2 amide bonds. The van der Waals surface area contributed by atoms with E-state index in [-0.39, 0.29) is 31.9 Å². The van der Waals surface area contributed by atoms with E-state index >= 15 is 0 Å². The Balaban J connectivity index is 2.28. The second-order valence-electron chi connectivity index (χ2n) is 14.4. The average Bonchev–Trinajstić information content (AvgIpc) is 3.24. The molecule has 360 valence electrons. The normalized spacial score (nSPS) is 31.1. The number of amides is 2. The fourth-order valence-electron chi connectivity index (χ4n) is 6.64. The minimum Gasteiger partial charge on any atom is -0.396 e. The minimum atomic E-state index is -2.09. The van der Waals surface area contributed by atoms with Crippen LogP contribution in [0.1, 0.15) is 32.6 Å². The molecule has 25 nitrogen and oxygen atoms in total. The van der Waals surface area contributed by atoms with Gasteiger partial charge in [-0.05, 0) is 25.0 Å². The molecule has 0 bridgehead atoms. The van der Waals surface area contributed by atoms with E-state index < -0.39 is 149 Å². The van der Waals surface area contributed by atoms with Crippen LogP contribution >= 0.6 is 12.6 Å². The number of ether oxygens (including phenoxy) is 7. The van der Waals surface area contributed by atoms with Gasteiger partial charge in [0, 0.05) is 54.4 Å². The molecular weight excluding hydrogens is 846 g/mol. The number of nitrogens with one attached hydrogen (secondary N) is 2. The fourth-order valence-corrected chi connectivity index (χ4v) is 6.79. The monoisotopic (exact) mass is 913 g/mol. The molecule has 0 aromatic heterocycles. The van der Waals surface area contributed by atoms with Crippen LogP contribution < -0.4 is 10.6 Å². The molecule has 2 aliphatic heterocycles. The quantitative estimate of drug-likeness (QED) is 0.0143. The first-order chi connectivity index (χ1) is 29.0. The van der Waals surface area contributed by atoms with E-state index in [2.05, 4.69) is 23.3 Å². The van der Waals surface area contributed by atoms with Gasteiger partial charge in [0.2, 0.25) is 11.8 Å². The predicted molar refractivity (Wildman–Crippen MR) is 207 cm³/mol. The highest BCUT2D eigenvalue weighted by Gasteiger charge is 2.53. The van der Waals surface area contributed by atoms with Gasteiger partial charge in [0.1, 0.15) is 73.2 Å². The van der Waals surface area contributed by atoms with E-state index in [9.17, 15) is 70.9 Å². The Labute approximate surface area is 358 Å². The molecule has 2 heterocycles. The van der Waals surface area contributed by atoms with Crippen LogP contribution in [0.25, 0.3) is 0 Å². The number of likely N-dealkylation sites (N-methyl/N-ethyl adjacent to an activating group) is 1. The number of hydrogen-bond acceptors (Lipinski definition) is 24. The van der Waals surface area contributed by atoms with Crippen molar-refractivity contribution < 1.29 is 109 Å². The third kappa shape index (κ3) is 16.1. The molecule has 2 aliphatic rings. The van der Waals surface area contributed by atoms with E-state index in [1.807, 2.05) is 0 Å². The molecule has 2 saturated heterocycles. The summed E-state index contributed by atoms with van der Waals surface area (Å²) in [5, 5.41) is 133. The summed E-state index contributed by atoms with van der Waals surface area (Å²) in [7, 11) is 3.65. The van der Waals surface area contributed by atoms with Gasteiger partial charge in [0.05, 0.1) is 32.0 Å². The van der Waals surface area contributed by atoms with Crippen LogP contribution in [-0.2, 0) is 47.6 Å². The molecule has 0 spiro atoms. The van der Waals surface area contributed by atoms with Gasteiger partial charge in [0.25, 0.3) is 0 Å². The lowest BCUT2D eigenvalue weighted by molar-refractivity contribution is -0.351. The van der Waals surface area contributed by atoms with Crippen LogP contribution in [0.3, 0.4) is 0 Å². The third-order valence-corrected chi connectivity index (χ3v) is 10.3. The molecule has 61 heavy (non-hydrogen) atoms. The van der Waals surface area contributed by atoms with Crippen LogP contribution in [0.4, 0.5) is 0 Å². The van der Waals surface area contributed by atoms with Gasteiger partial charge in [-0.2, -0.15) is 17.7 Å². The number of nitrogens with zero attached hydrogens (tertiary/aromatic N) is 1. The van der Waals surface area contributed by atoms with E-state index in [1.165, 1.54) is 14.2 Å². The van der Waals surface area contributed by atoms with Crippen molar-refractivity contribution in [3.8, 4) is 0 Å². The van der Waals surface area contributed by atoms with Gasteiger partial charge >= 0.3 is 0 Å². The predicted octanol–water partition coefficient (Wildman–Crippen LogP) is -7.63. The topological polar surface area (TPSA) is 378 Å². The number of carbonyl (C=O) groups is 2. The molecule has 0 aromatic carbocycles. The first kappa shape index (κ1) is 55.6. The van der Waals surface area contributed by atoms with E-state index in [0.29, 0.717) is 12.2 Å². The molecule has 2 fully saturated rings. The van der Waals surface area contributed by atoms with Crippen molar-refractivity contribution in [3.63, 3.8) is 0 Å². The van der Waals surface area contributed by atoms with Crippen LogP contribution in [0.5, 0.6) is 0 Å². The fraction of sp³-hybridized carbons (Fsp3) is 0.943. The van der Waals surface area contributed by atoms with Crippen molar-refractivity contribution in [1.29, 1.82) is 0 Å². The molecule has 14 N–H and O–H groups in total. The summed E-state index contributed by atoms with van der Waals surface area (Å²) >= 11 is 4.06. The number of aliphatic hydroxyl groups is 12. The third-order valence-electron chi connectivity index (χ3n) is 9.95. The van der Waals surface area contributed by atoms with Gasteiger partial charge < -0.3 is 105 Å². The largest absolute Gasteiger partial charge is 0.396 e. The Morgan fingerprint density at radius 1 is 0.787 bits per heavy atom. The highest BCUT2D eigenvalue weighted by atomic mass is 32.1. The highest BCUT2D eigenvalue weighted by molar-refractivity contribution is 7.80. The first-order valence-corrected chi connectivity index (χ1v) is 20.3. The zero-order chi connectivity index (χ0) is 46.0. The number of thiol groups is 1. The van der Waals surface area contributed by atoms with E-state index in [1.54, 1.807) is 0 Å². The van der Waals surface area contributed by atoms with Crippen LogP contribution in [0, 0.1) is 0 Å². The second-order valence-corrected chi connectivity index (χ2v) is 14.8. The first-order valence-electron chi connectivity index (χ1n) is 19.7. The Kier molecular flexibility index (Phi) is 25.9. The summed E-state index contributed by atoms with van der Waals surface area (Å²) in [5.74, 6) is -0.419. The summed E-state index contributed by atoms with van der Waals surface area (Å²) in [4.78, 5) is 29.8. The molecule has 26 heteroatoms. The summed E-state index contributed by atoms with van der Waals surface area (Å²) in [6.07, 6.45) is -29.8. The molecule has 18 atom stereocenters. The molecule has 0 aliphatic carbocycles. The van der Waals surface area contributed by atoms with E-state index in [0.717, 1.165) is 19.1 Å². The van der Waals surface area contributed by atoms with E-state index in [4.69, 9.17) is 38.0 Å². The SMILES string of the molecule is CO[C@@H](O[C@H](CCO)C(O)C(O)[C@@H](OC)N(C)OCCNC(=O)CCCS)C(O)C(O)[C@H](CCO)O[C@@H]1OC(CO)[C@H](O)C(OC2OC(CO)[C@H](O)C(O)C2O)C1NC(C)=O.